The molecule has 2 nitrogen and oxygen atoms in total. The van der Waals surface area contributed by atoms with Gasteiger partial charge in [0, 0.05) is 23.7 Å². The molecule has 1 aromatic carbocycles. The van der Waals surface area contributed by atoms with E-state index in [1.165, 1.54) is 6.07 Å². The Bertz CT molecular complexity index is 523. The van der Waals surface area contributed by atoms with Crippen molar-refractivity contribution < 1.29 is 8.78 Å². The van der Waals surface area contributed by atoms with Crippen molar-refractivity contribution in [2.75, 3.05) is 0 Å². The van der Waals surface area contributed by atoms with E-state index in [2.05, 4.69) is 4.98 Å². The van der Waals surface area contributed by atoms with Crippen LogP contribution in [0.2, 0.25) is 0 Å². The van der Waals surface area contributed by atoms with Gasteiger partial charge in [0.05, 0.1) is 0 Å². The molecule has 1 aromatic heterocycles. The second kappa shape index (κ2) is 3.55. The Hall–Kier alpha value is -1.55. The summed E-state index contributed by atoms with van der Waals surface area (Å²) in [5.41, 5.74) is 7.07. The monoisotopic (exact) mass is 208 g/mol. The Labute approximate surface area is 85.7 Å². The first-order valence-electron chi connectivity index (χ1n) is 4.57. The van der Waals surface area contributed by atoms with Crippen LogP contribution in [0.25, 0.3) is 10.9 Å². The van der Waals surface area contributed by atoms with Crippen LogP contribution in [0, 0.1) is 18.6 Å². The van der Waals surface area contributed by atoms with Crippen LogP contribution in [0.5, 0.6) is 0 Å². The first-order valence-corrected chi connectivity index (χ1v) is 4.57. The molecule has 0 aliphatic rings. The second-order valence-corrected chi connectivity index (χ2v) is 3.41. The van der Waals surface area contributed by atoms with Gasteiger partial charge in [-0.3, -0.25) is 4.98 Å². The third-order valence-electron chi connectivity index (χ3n) is 2.27. The maximum absolute atomic E-state index is 13.4. The van der Waals surface area contributed by atoms with E-state index in [4.69, 9.17) is 5.73 Å². The Morgan fingerprint density at radius 2 is 2.00 bits per heavy atom. The van der Waals surface area contributed by atoms with Crippen LogP contribution in [-0.2, 0) is 6.54 Å². The largest absolute Gasteiger partial charge is 0.326 e. The molecule has 15 heavy (non-hydrogen) atoms. The molecule has 2 N–H and O–H groups in total. The highest BCUT2D eigenvalue weighted by molar-refractivity contribution is 5.83. The lowest BCUT2D eigenvalue weighted by molar-refractivity contribution is 0.590. The van der Waals surface area contributed by atoms with E-state index in [0.29, 0.717) is 16.6 Å². The van der Waals surface area contributed by atoms with Crippen molar-refractivity contribution in [1.82, 2.24) is 4.98 Å². The number of benzene rings is 1. The van der Waals surface area contributed by atoms with Crippen molar-refractivity contribution in [3.8, 4) is 0 Å². The maximum atomic E-state index is 13.4. The quantitative estimate of drug-likeness (QED) is 0.780. The zero-order valence-electron chi connectivity index (χ0n) is 8.22. The van der Waals surface area contributed by atoms with E-state index >= 15 is 0 Å². The van der Waals surface area contributed by atoms with Gasteiger partial charge in [0.15, 0.2) is 5.82 Å². The molecular formula is C11H10F2N2. The summed E-state index contributed by atoms with van der Waals surface area (Å²) in [6.45, 7) is 1.99. The molecule has 1 heterocycles. The smallest absolute Gasteiger partial charge is 0.152 e. The van der Waals surface area contributed by atoms with Gasteiger partial charge < -0.3 is 5.73 Å². The molecule has 0 saturated carbocycles. The number of rotatable bonds is 1. The predicted molar refractivity (Wildman–Crippen MR) is 54.3 cm³/mol. The number of pyridine rings is 1. The fourth-order valence-electron chi connectivity index (χ4n) is 1.63. The summed E-state index contributed by atoms with van der Waals surface area (Å²) in [5.74, 6) is -1.26. The molecule has 0 unspecified atom stereocenters. The van der Waals surface area contributed by atoms with Crippen molar-refractivity contribution in [2.45, 2.75) is 13.5 Å². The molecule has 4 heteroatoms. The number of halogens is 2. The SMILES string of the molecule is Cc1cc(CN)c2cc(F)cc(F)c2n1. The maximum Gasteiger partial charge on any atom is 0.152 e. The summed E-state index contributed by atoms with van der Waals surface area (Å²) in [6.07, 6.45) is 0. The normalized spacial score (nSPS) is 10.9. The molecule has 0 aliphatic carbocycles. The molecule has 0 atom stereocenters. The zero-order valence-corrected chi connectivity index (χ0v) is 8.22. The lowest BCUT2D eigenvalue weighted by atomic mass is 10.1. The van der Waals surface area contributed by atoms with Crippen LogP contribution in [0.4, 0.5) is 8.78 Å². The first-order chi connectivity index (χ1) is 7.11. The molecule has 0 saturated heterocycles. The molecule has 0 radical (unpaired) electrons. The van der Waals surface area contributed by atoms with E-state index in [9.17, 15) is 8.78 Å². The van der Waals surface area contributed by atoms with E-state index in [1.807, 2.05) is 0 Å². The average molecular weight is 208 g/mol. The van der Waals surface area contributed by atoms with Crippen LogP contribution >= 0.6 is 0 Å². The molecular weight excluding hydrogens is 198 g/mol. The molecule has 0 fully saturated rings. The van der Waals surface area contributed by atoms with Gasteiger partial charge in [-0.1, -0.05) is 0 Å². The van der Waals surface area contributed by atoms with E-state index in [-0.39, 0.29) is 12.1 Å². The third kappa shape index (κ3) is 1.68. The van der Waals surface area contributed by atoms with Crippen molar-refractivity contribution in [3.05, 3.63) is 41.1 Å². The summed E-state index contributed by atoms with van der Waals surface area (Å²) in [7, 11) is 0. The number of fused-ring (bicyclic) bond motifs is 1. The molecule has 0 bridgehead atoms. The molecule has 2 aromatic rings. The number of aryl methyl sites for hydroxylation is 1. The highest BCUT2D eigenvalue weighted by Gasteiger charge is 2.09. The summed E-state index contributed by atoms with van der Waals surface area (Å²) < 4.78 is 26.4. The van der Waals surface area contributed by atoms with Crippen molar-refractivity contribution in [2.24, 2.45) is 5.73 Å². The van der Waals surface area contributed by atoms with Gasteiger partial charge in [-0.2, -0.15) is 0 Å². The first kappa shape index (κ1) is 9.98. The lowest BCUT2D eigenvalue weighted by Gasteiger charge is -2.06. The van der Waals surface area contributed by atoms with Gasteiger partial charge in [0.25, 0.3) is 0 Å². The zero-order chi connectivity index (χ0) is 11.0. The Balaban J connectivity index is 2.89. The van der Waals surface area contributed by atoms with Crippen molar-refractivity contribution >= 4 is 10.9 Å². The van der Waals surface area contributed by atoms with E-state index < -0.39 is 11.6 Å². The molecule has 0 amide bonds. The molecule has 78 valence electrons. The highest BCUT2D eigenvalue weighted by atomic mass is 19.1. The van der Waals surface area contributed by atoms with Crippen LogP contribution in [-0.4, -0.2) is 4.98 Å². The van der Waals surface area contributed by atoms with Crippen molar-refractivity contribution in [1.29, 1.82) is 0 Å². The standard InChI is InChI=1S/C11H10F2N2/c1-6-2-7(5-14)9-3-8(12)4-10(13)11(9)15-6/h2-4H,5,14H2,1H3. The van der Waals surface area contributed by atoms with Crippen LogP contribution in [0.1, 0.15) is 11.3 Å². The van der Waals surface area contributed by atoms with Crippen LogP contribution < -0.4 is 5.73 Å². The minimum absolute atomic E-state index is 0.178. The summed E-state index contributed by atoms with van der Waals surface area (Å²) in [4.78, 5) is 4.03. The molecule has 0 aliphatic heterocycles. The topological polar surface area (TPSA) is 38.9 Å². The lowest BCUT2D eigenvalue weighted by Crippen LogP contribution is -2.01. The number of nitrogens with zero attached hydrogens (tertiary/aromatic N) is 1. The number of aromatic nitrogens is 1. The Morgan fingerprint density at radius 1 is 1.27 bits per heavy atom. The minimum Gasteiger partial charge on any atom is -0.326 e. The van der Waals surface area contributed by atoms with Crippen LogP contribution in [0.15, 0.2) is 18.2 Å². The summed E-state index contributed by atoms with van der Waals surface area (Å²) in [5, 5.41) is 0.445. The number of hydrogen-bond acceptors (Lipinski definition) is 2. The van der Waals surface area contributed by atoms with E-state index in [0.717, 1.165) is 6.07 Å². The van der Waals surface area contributed by atoms with Gasteiger partial charge in [-0.05, 0) is 24.6 Å². The molecule has 0 spiro atoms. The minimum atomic E-state index is -0.650. The fourth-order valence-corrected chi connectivity index (χ4v) is 1.63. The average Bonchev–Trinajstić information content (AvgIpc) is 2.18. The summed E-state index contributed by atoms with van der Waals surface area (Å²) in [6, 6.07) is 3.82. The predicted octanol–water partition coefficient (Wildman–Crippen LogP) is 2.28. The Morgan fingerprint density at radius 3 is 2.67 bits per heavy atom. The van der Waals surface area contributed by atoms with Gasteiger partial charge in [0.2, 0.25) is 0 Å². The van der Waals surface area contributed by atoms with Crippen LogP contribution in [0.3, 0.4) is 0 Å². The fraction of sp³-hybridized carbons (Fsp3) is 0.182. The van der Waals surface area contributed by atoms with Gasteiger partial charge in [-0.15, -0.1) is 0 Å². The van der Waals surface area contributed by atoms with Crippen molar-refractivity contribution in [3.63, 3.8) is 0 Å². The van der Waals surface area contributed by atoms with Gasteiger partial charge in [0.1, 0.15) is 11.3 Å². The van der Waals surface area contributed by atoms with E-state index in [1.54, 1.807) is 13.0 Å². The summed E-state index contributed by atoms with van der Waals surface area (Å²) >= 11 is 0. The molecule has 2 rings (SSSR count). The van der Waals surface area contributed by atoms with Gasteiger partial charge >= 0.3 is 0 Å². The highest BCUT2D eigenvalue weighted by Crippen LogP contribution is 2.22. The number of nitrogens with two attached hydrogens (primary N) is 1. The third-order valence-corrected chi connectivity index (χ3v) is 2.27. The second-order valence-electron chi connectivity index (χ2n) is 3.41. The van der Waals surface area contributed by atoms with Gasteiger partial charge in [-0.25, -0.2) is 8.78 Å². The Kier molecular flexibility index (Phi) is 2.36. The number of hydrogen-bond donors (Lipinski definition) is 1.